The van der Waals surface area contributed by atoms with E-state index < -0.39 is 0 Å². The Morgan fingerprint density at radius 2 is 1.33 bits per heavy atom. The summed E-state index contributed by atoms with van der Waals surface area (Å²) in [5, 5.41) is 0. The van der Waals surface area contributed by atoms with Gasteiger partial charge in [0, 0.05) is 17.1 Å². The van der Waals surface area contributed by atoms with Crippen LogP contribution in [-0.4, -0.2) is 11.5 Å². The van der Waals surface area contributed by atoms with Crippen molar-refractivity contribution in [3.8, 4) is 0 Å². The summed E-state index contributed by atoms with van der Waals surface area (Å²) in [6, 6.07) is 0.333. The molecule has 0 heterocycles. The third-order valence-corrected chi connectivity index (χ3v) is 0. The Bertz CT molecular complexity index is 15.5. The van der Waals surface area contributed by atoms with E-state index in [2.05, 4.69) is 0 Å². The minimum absolute atomic E-state index is 0. The van der Waals surface area contributed by atoms with Gasteiger partial charge >= 0.3 is 0 Å². The zero-order valence-electron chi connectivity index (χ0n) is 4.01. The average Bonchev–Trinajstić information content (AvgIpc) is 0.811. The molecule has 0 fully saturated rings. The molecular weight excluding hydrogens is 122 g/mol. The summed E-state index contributed by atoms with van der Waals surface area (Å²) in [6.45, 7) is 3.89. The summed E-state index contributed by atoms with van der Waals surface area (Å²) >= 11 is 0. The van der Waals surface area contributed by atoms with Crippen molar-refractivity contribution in [3.05, 3.63) is 0 Å². The Hall–Kier alpha value is 0.439. The van der Waals surface area contributed by atoms with Crippen molar-refractivity contribution in [2.24, 2.45) is 5.73 Å². The molecule has 42 valence electrons. The molecule has 0 aliphatic carbocycles. The number of hydrogen-bond acceptors (Lipinski definition) is 1. The van der Waals surface area contributed by atoms with Crippen molar-refractivity contribution in [3.63, 3.8) is 0 Å². The van der Waals surface area contributed by atoms with Gasteiger partial charge in [-0.05, 0) is 6.04 Å². The quantitative estimate of drug-likeness (QED) is 0.446. The molecular formula is C3H11FeNO. The minimum Gasteiger partial charge on any atom is -0.412 e. The van der Waals surface area contributed by atoms with Gasteiger partial charge in [-0.25, -0.2) is 0 Å². The van der Waals surface area contributed by atoms with Gasteiger partial charge in [0.05, 0.1) is 0 Å². The van der Waals surface area contributed by atoms with Crippen molar-refractivity contribution in [2.45, 2.75) is 19.9 Å². The van der Waals surface area contributed by atoms with Crippen LogP contribution in [0.25, 0.3) is 0 Å². The molecule has 2 nitrogen and oxygen atoms in total. The normalized spacial score (nSPS) is 6.00. The topological polar surface area (TPSA) is 57.5 Å². The van der Waals surface area contributed by atoms with Crippen molar-refractivity contribution in [1.29, 1.82) is 0 Å². The summed E-state index contributed by atoms with van der Waals surface area (Å²) in [7, 11) is 0. The molecule has 0 atom stereocenters. The Labute approximate surface area is 48.9 Å². The predicted molar refractivity (Wildman–Crippen MR) is 22.9 cm³/mol. The summed E-state index contributed by atoms with van der Waals surface area (Å²) in [5.41, 5.74) is 5.11. The van der Waals surface area contributed by atoms with E-state index in [4.69, 9.17) is 5.73 Å². The van der Waals surface area contributed by atoms with Crippen LogP contribution in [-0.2, 0) is 17.1 Å². The first-order chi connectivity index (χ1) is 1.73. The van der Waals surface area contributed by atoms with Crippen LogP contribution in [0.5, 0.6) is 0 Å². The Kier molecular flexibility index (Phi) is 24.3. The average molecular weight is 133 g/mol. The van der Waals surface area contributed by atoms with E-state index in [0.29, 0.717) is 6.04 Å². The van der Waals surface area contributed by atoms with Crippen molar-refractivity contribution in [2.75, 3.05) is 0 Å². The molecule has 0 unspecified atom stereocenters. The molecule has 0 aliphatic heterocycles. The Balaban J connectivity index is -0.0000000450. The van der Waals surface area contributed by atoms with Gasteiger partial charge in [-0.2, -0.15) is 0 Å². The number of nitrogens with two attached hydrogens (primary N) is 1. The van der Waals surface area contributed by atoms with Gasteiger partial charge < -0.3 is 11.2 Å². The van der Waals surface area contributed by atoms with E-state index in [0.717, 1.165) is 0 Å². The maximum absolute atomic E-state index is 5.11. The second-order valence-electron chi connectivity index (χ2n) is 1.24. The van der Waals surface area contributed by atoms with E-state index in [-0.39, 0.29) is 22.5 Å². The molecule has 6 heavy (non-hydrogen) atoms. The van der Waals surface area contributed by atoms with Gasteiger partial charge in [-0.15, -0.1) is 0 Å². The zero-order valence-corrected chi connectivity index (χ0v) is 5.11. The van der Waals surface area contributed by atoms with Crippen LogP contribution in [0, 0.1) is 0 Å². The first kappa shape index (κ1) is 16.1. The molecule has 0 amide bonds. The third-order valence-electron chi connectivity index (χ3n) is 0. The van der Waals surface area contributed by atoms with Gasteiger partial charge in [-0.1, -0.05) is 13.8 Å². The third kappa shape index (κ3) is 272. The molecule has 0 aromatic rings. The molecule has 0 spiro atoms. The molecule has 0 rings (SSSR count). The van der Waals surface area contributed by atoms with Gasteiger partial charge in [0.25, 0.3) is 0 Å². The van der Waals surface area contributed by atoms with E-state index in [9.17, 15) is 0 Å². The number of rotatable bonds is 0. The summed E-state index contributed by atoms with van der Waals surface area (Å²) in [6.07, 6.45) is 0. The van der Waals surface area contributed by atoms with Crippen LogP contribution >= 0.6 is 0 Å². The van der Waals surface area contributed by atoms with Crippen LogP contribution in [0.1, 0.15) is 13.8 Å². The molecule has 0 aromatic heterocycles. The SMILES string of the molecule is CC(C)N.O.[Fe]. The standard InChI is InChI=1S/C3H9N.Fe.H2O/c1-3(2)4;;/h3H,4H2,1-2H3;;1H2. The maximum Gasteiger partial charge on any atom is 0 e. The Morgan fingerprint density at radius 1 is 1.33 bits per heavy atom. The molecule has 0 saturated heterocycles. The second-order valence-corrected chi connectivity index (χ2v) is 1.24. The molecule has 0 aromatic carbocycles. The van der Waals surface area contributed by atoms with Gasteiger partial charge in [0.15, 0.2) is 0 Å². The Morgan fingerprint density at radius 3 is 1.33 bits per heavy atom. The zero-order chi connectivity index (χ0) is 3.58. The largest absolute Gasteiger partial charge is 0.412 e. The first-order valence-corrected chi connectivity index (χ1v) is 1.49. The van der Waals surface area contributed by atoms with E-state index >= 15 is 0 Å². The number of hydrogen-bond donors (Lipinski definition) is 1. The fraction of sp³-hybridized carbons (Fsp3) is 1.00. The summed E-state index contributed by atoms with van der Waals surface area (Å²) < 4.78 is 0. The summed E-state index contributed by atoms with van der Waals surface area (Å²) in [5.74, 6) is 0. The monoisotopic (exact) mass is 133 g/mol. The van der Waals surface area contributed by atoms with Crippen LogP contribution in [0.4, 0.5) is 0 Å². The molecule has 3 heteroatoms. The van der Waals surface area contributed by atoms with Crippen molar-refractivity contribution in [1.82, 2.24) is 0 Å². The smallest absolute Gasteiger partial charge is 0 e. The van der Waals surface area contributed by atoms with Crippen LogP contribution in [0.3, 0.4) is 0 Å². The predicted octanol–water partition coefficient (Wildman–Crippen LogP) is -0.474. The fourth-order valence-electron chi connectivity index (χ4n) is 0. The fourth-order valence-corrected chi connectivity index (χ4v) is 0. The molecule has 0 saturated carbocycles. The van der Waals surface area contributed by atoms with Gasteiger partial charge in [0.1, 0.15) is 0 Å². The second kappa shape index (κ2) is 9.06. The van der Waals surface area contributed by atoms with Crippen molar-refractivity contribution >= 4 is 0 Å². The van der Waals surface area contributed by atoms with Crippen LogP contribution in [0.2, 0.25) is 0 Å². The minimum atomic E-state index is 0. The van der Waals surface area contributed by atoms with Gasteiger partial charge in [0.2, 0.25) is 0 Å². The molecule has 0 radical (unpaired) electrons. The molecule has 0 bridgehead atoms. The van der Waals surface area contributed by atoms with Crippen LogP contribution in [0.15, 0.2) is 0 Å². The van der Waals surface area contributed by atoms with E-state index in [1.807, 2.05) is 13.8 Å². The maximum atomic E-state index is 5.11. The summed E-state index contributed by atoms with van der Waals surface area (Å²) in [4.78, 5) is 0. The van der Waals surface area contributed by atoms with Gasteiger partial charge in [-0.3, -0.25) is 0 Å². The van der Waals surface area contributed by atoms with E-state index in [1.165, 1.54) is 0 Å². The van der Waals surface area contributed by atoms with Crippen molar-refractivity contribution < 1.29 is 22.5 Å². The van der Waals surface area contributed by atoms with Crippen LogP contribution < -0.4 is 5.73 Å². The molecule has 0 aliphatic rings. The van der Waals surface area contributed by atoms with E-state index in [1.54, 1.807) is 0 Å². The molecule has 4 N–H and O–H groups in total. The first-order valence-electron chi connectivity index (χ1n) is 1.49.